The maximum atomic E-state index is 13.7. The molecule has 0 saturated heterocycles. The molecule has 12 heteroatoms. The van der Waals surface area contributed by atoms with Crippen LogP contribution in [0.4, 0.5) is 0 Å². The number of hydrogen-bond donors (Lipinski definition) is 1. The number of hydrogen-bond acceptors (Lipinski definition) is 5. The minimum absolute atomic E-state index is 0.113. The van der Waals surface area contributed by atoms with Crippen molar-refractivity contribution in [1.29, 1.82) is 0 Å². The number of aromatic amines is 1. The van der Waals surface area contributed by atoms with Crippen LogP contribution in [0.2, 0.25) is 20.1 Å². The molecule has 1 saturated carbocycles. The first-order valence-electron chi connectivity index (χ1n) is 12.4. The van der Waals surface area contributed by atoms with Crippen LogP contribution in [0.3, 0.4) is 0 Å². The summed E-state index contributed by atoms with van der Waals surface area (Å²) in [6.07, 6.45) is 1.84. The van der Waals surface area contributed by atoms with Gasteiger partial charge in [0.25, 0.3) is 11.4 Å². The van der Waals surface area contributed by atoms with Gasteiger partial charge in [-0.25, -0.2) is 8.42 Å². The predicted molar refractivity (Wildman–Crippen MR) is 161 cm³/mol. The van der Waals surface area contributed by atoms with E-state index in [1.54, 1.807) is 54.1 Å². The first kappa shape index (κ1) is 27.7. The molecule has 6 nitrogen and oxygen atoms in total. The van der Waals surface area contributed by atoms with E-state index in [4.69, 9.17) is 46.4 Å². The summed E-state index contributed by atoms with van der Waals surface area (Å²) in [5.41, 5.74) is 2.76. The number of sulfone groups is 1. The lowest BCUT2D eigenvalue weighted by atomic mass is 9.97. The Morgan fingerprint density at radius 3 is 2.12 bits per heavy atom. The normalized spacial score (nSPS) is 14.4. The van der Waals surface area contributed by atoms with Crippen LogP contribution in [-0.2, 0) is 15.3 Å². The Bertz CT molecular complexity index is 1850. The highest BCUT2D eigenvalue weighted by Crippen LogP contribution is 2.55. The van der Waals surface area contributed by atoms with E-state index in [1.165, 1.54) is 11.3 Å². The molecule has 1 aliphatic carbocycles. The second-order valence-electron chi connectivity index (χ2n) is 9.51. The smallest absolute Gasteiger partial charge is 0.223 e. The molecule has 0 bridgehead atoms. The van der Waals surface area contributed by atoms with E-state index in [0.29, 0.717) is 47.7 Å². The average Bonchev–Trinajstić information content (AvgIpc) is 3.40. The lowest BCUT2D eigenvalue weighted by Gasteiger charge is -2.11. The van der Waals surface area contributed by atoms with Crippen LogP contribution in [0, 0.1) is 0 Å². The molecular weight excluding hydrogens is 630 g/mol. The van der Waals surface area contributed by atoms with Crippen LogP contribution >= 0.6 is 57.7 Å². The number of aromatic nitrogens is 4. The SMILES string of the molecule is CCS(=O)(=O)c1c(-c2nnc(C3(c4ccc(Cl)cc4)CC3)s2)[nH][n+](-c2ccc(Cl)cc2Cl)c1-c1ccc(Cl)cc1. The monoisotopic (exact) mass is 649 g/mol. The highest BCUT2D eigenvalue weighted by atomic mass is 35.5. The fourth-order valence-corrected chi connectivity index (χ4v) is 7.95. The second kappa shape index (κ2) is 10.4. The van der Waals surface area contributed by atoms with E-state index in [-0.39, 0.29) is 16.1 Å². The Kier molecular flexibility index (Phi) is 7.22. The standard InChI is InChI=1S/C28H20Cl4N4O2S2/c1-2-40(37,38)25-23(26-33-34-27(39-26)28(13-14-28)17-5-9-19(30)10-6-17)35-36(22-12-11-20(31)15-21(22)32)24(25)16-3-7-18(29)8-4-16/h3-12,15H,2,13-14H2,1H3/p+1. The van der Waals surface area contributed by atoms with Crippen molar-refractivity contribution in [3.8, 4) is 27.6 Å². The summed E-state index contributed by atoms with van der Waals surface area (Å²) >= 11 is 26.5. The number of H-pyrrole nitrogens is 1. The average molecular weight is 651 g/mol. The molecule has 1 aliphatic rings. The molecule has 0 atom stereocenters. The number of nitrogens with zero attached hydrogens (tertiary/aromatic N) is 3. The van der Waals surface area contributed by atoms with Crippen molar-refractivity contribution in [2.45, 2.75) is 30.1 Å². The minimum atomic E-state index is -3.77. The maximum Gasteiger partial charge on any atom is 0.264 e. The largest absolute Gasteiger partial charge is 0.264 e. The fraction of sp³-hybridized carbons (Fsp3) is 0.179. The first-order chi connectivity index (χ1) is 19.1. The van der Waals surface area contributed by atoms with Gasteiger partial charge in [-0.2, -0.15) is 5.10 Å². The van der Waals surface area contributed by atoms with Crippen LogP contribution in [-0.4, -0.2) is 29.5 Å². The quantitative estimate of drug-likeness (QED) is 0.181. The molecule has 0 spiro atoms. The van der Waals surface area contributed by atoms with E-state index in [0.717, 1.165) is 23.4 Å². The van der Waals surface area contributed by atoms with E-state index < -0.39 is 9.84 Å². The molecule has 5 aromatic rings. The molecule has 3 aromatic carbocycles. The summed E-state index contributed by atoms with van der Waals surface area (Å²) in [7, 11) is -3.77. The number of rotatable bonds is 7. The highest BCUT2D eigenvalue weighted by Gasteiger charge is 2.49. The van der Waals surface area contributed by atoms with Crippen LogP contribution in [0.1, 0.15) is 30.3 Å². The molecule has 2 heterocycles. The van der Waals surface area contributed by atoms with E-state index in [2.05, 4.69) is 15.3 Å². The van der Waals surface area contributed by atoms with Gasteiger partial charge in [0.2, 0.25) is 0 Å². The van der Waals surface area contributed by atoms with Crippen molar-refractivity contribution >= 4 is 67.6 Å². The Morgan fingerprint density at radius 2 is 1.52 bits per heavy atom. The van der Waals surface area contributed by atoms with Crippen molar-refractivity contribution in [1.82, 2.24) is 15.3 Å². The zero-order valence-corrected chi connectivity index (χ0v) is 25.6. The summed E-state index contributed by atoms with van der Waals surface area (Å²) in [6.45, 7) is 1.61. The van der Waals surface area contributed by atoms with Gasteiger partial charge < -0.3 is 0 Å². The molecule has 0 radical (unpaired) electrons. The van der Waals surface area contributed by atoms with Crippen molar-refractivity contribution in [3.63, 3.8) is 0 Å². The zero-order chi connectivity index (χ0) is 28.2. The Hall–Kier alpha value is -2.46. The topological polar surface area (TPSA) is 79.6 Å². The molecule has 40 heavy (non-hydrogen) atoms. The summed E-state index contributed by atoms with van der Waals surface area (Å²) in [5.74, 6) is -0.118. The first-order valence-corrected chi connectivity index (χ1v) is 16.3. The maximum absolute atomic E-state index is 13.7. The molecule has 6 rings (SSSR count). The minimum Gasteiger partial charge on any atom is -0.223 e. The second-order valence-corrected chi connectivity index (χ2v) is 14.4. The molecular formula is C28H21Cl4N4O2S2+. The third-order valence-electron chi connectivity index (χ3n) is 7.04. The summed E-state index contributed by atoms with van der Waals surface area (Å²) in [5, 5.41) is 15.6. The van der Waals surface area contributed by atoms with Gasteiger partial charge in [0.15, 0.2) is 25.4 Å². The van der Waals surface area contributed by atoms with Gasteiger partial charge in [0.05, 0.1) is 11.3 Å². The molecule has 2 aromatic heterocycles. The van der Waals surface area contributed by atoms with Gasteiger partial charge in [-0.3, -0.25) is 0 Å². The van der Waals surface area contributed by atoms with Crippen molar-refractivity contribution in [2.75, 3.05) is 5.75 Å². The van der Waals surface area contributed by atoms with Crippen LogP contribution in [0.5, 0.6) is 0 Å². The van der Waals surface area contributed by atoms with Crippen LogP contribution < -0.4 is 4.68 Å². The highest BCUT2D eigenvalue weighted by molar-refractivity contribution is 7.91. The molecule has 0 unspecified atom stereocenters. The lowest BCUT2D eigenvalue weighted by Crippen LogP contribution is -2.35. The van der Waals surface area contributed by atoms with Gasteiger partial charge in [0.1, 0.15) is 10.0 Å². The predicted octanol–water partition coefficient (Wildman–Crippen LogP) is 7.96. The van der Waals surface area contributed by atoms with Crippen molar-refractivity contribution in [2.24, 2.45) is 0 Å². The molecule has 0 amide bonds. The van der Waals surface area contributed by atoms with Crippen molar-refractivity contribution < 1.29 is 13.1 Å². The van der Waals surface area contributed by atoms with Gasteiger partial charge in [-0.1, -0.05) is 81.5 Å². The van der Waals surface area contributed by atoms with Gasteiger partial charge in [0, 0.05) is 26.5 Å². The Balaban J connectivity index is 1.59. The van der Waals surface area contributed by atoms with Crippen molar-refractivity contribution in [3.05, 3.63) is 97.4 Å². The summed E-state index contributed by atoms with van der Waals surface area (Å²) < 4.78 is 29.1. The van der Waals surface area contributed by atoms with E-state index in [1.807, 2.05) is 24.3 Å². The number of halogens is 4. The van der Waals surface area contributed by atoms with Crippen LogP contribution in [0.15, 0.2) is 71.6 Å². The van der Waals surface area contributed by atoms with Gasteiger partial charge in [-0.05, 0) is 66.9 Å². The summed E-state index contributed by atoms with van der Waals surface area (Å²) in [4.78, 5) is 0.113. The fourth-order valence-electron chi connectivity index (χ4n) is 4.78. The van der Waals surface area contributed by atoms with Gasteiger partial charge in [-0.15, -0.1) is 10.2 Å². The lowest BCUT2D eigenvalue weighted by molar-refractivity contribution is -0.644. The van der Waals surface area contributed by atoms with E-state index >= 15 is 0 Å². The van der Waals surface area contributed by atoms with E-state index in [9.17, 15) is 8.42 Å². The molecule has 1 N–H and O–H groups in total. The molecule has 204 valence electrons. The molecule has 1 fully saturated rings. The summed E-state index contributed by atoms with van der Waals surface area (Å²) in [6, 6.07) is 19.8. The zero-order valence-electron chi connectivity index (χ0n) is 21.0. The van der Waals surface area contributed by atoms with Gasteiger partial charge >= 0.3 is 0 Å². The number of nitrogens with one attached hydrogen (secondary N) is 1. The third kappa shape index (κ3) is 4.85. The Labute approximate surface area is 255 Å². The third-order valence-corrected chi connectivity index (χ3v) is 11.0. The number of benzene rings is 3. The van der Waals surface area contributed by atoms with Crippen LogP contribution in [0.25, 0.3) is 27.6 Å². The Morgan fingerprint density at radius 1 is 0.900 bits per heavy atom. The molecule has 0 aliphatic heterocycles.